The Kier molecular flexibility index (Phi) is 6.25. The van der Waals surface area contributed by atoms with Crippen LogP contribution in [0.5, 0.6) is 0 Å². The molecule has 1 aromatic heterocycles. The maximum absolute atomic E-state index is 11.8. The number of carbonyl (C=O) groups is 1. The van der Waals surface area contributed by atoms with E-state index >= 15 is 0 Å². The first-order valence-electron chi connectivity index (χ1n) is 5.57. The molecule has 1 N–H and O–H groups in total. The number of aromatic nitrogens is 1. The van der Waals surface area contributed by atoms with Crippen molar-refractivity contribution in [2.75, 3.05) is 13.7 Å². The van der Waals surface area contributed by atoms with Crippen LogP contribution in [0.4, 0.5) is 0 Å². The number of rotatable bonds is 5. The van der Waals surface area contributed by atoms with Crippen molar-refractivity contribution in [3.8, 4) is 0 Å². The summed E-state index contributed by atoms with van der Waals surface area (Å²) < 4.78 is 6.43. The highest BCUT2D eigenvalue weighted by Crippen LogP contribution is 2.25. The lowest BCUT2D eigenvalue weighted by Crippen LogP contribution is -2.33. The number of hydrogen-bond donors (Lipinski definition) is 1. The average Bonchev–Trinajstić information content (AvgIpc) is 2.30. The average molecular weight is 380 g/mol. The molecule has 1 unspecified atom stereocenters. The van der Waals surface area contributed by atoms with Crippen molar-refractivity contribution in [3.05, 3.63) is 26.9 Å². The smallest absolute Gasteiger partial charge is 0.329 e. The highest BCUT2D eigenvalue weighted by molar-refractivity contribution is 9.11. The van der Waals surface area contributed by atoms with E-state index in [-0.39, 0.29) is 5.97 Å². The molecule has 0 bridgehead atoms. The second-order valence-electron chi connectivity index (χ2n) is 4.28. The predicted octanol–water partition coefficient (Wildman–Crippen LogP) is 3.07. The number of methoxy groups -OCH3 is 1. The molecular formula is C12H16Br2N2O2. The zero-order chi connectivity index (χ0) is 13.7. The van der Waals surface area contributed by atoms with E-state index in [0.717, 1.165) is 8.95 Å². The Bertz CT molecular complexity index is 425. The molecular weight excluding hydrogens is 364 g/mol. The molecule has 1 atom stereocenters. The number of halogens is 2. The molecule has 0 aliphatic heterocycles. The quantitative estimate of drug-likeness (QED) is 0.798. The van der Waals surface area contributed by atoms with E-state index in [4.69, 9.17) is 4.74 Å². The molecule has 6 heteroatoms. The molecule has 0 amide bonds. The van der Waals surface area contributed by atoms with Gasteiger partial charge in [0.05, 0.1) is 12.8 Å². The number of pyridine rings is 1. The summed E-state index contributed by atoms with van der Waals surface area (Å²) in [5.74, 6) is 0.0950. The van der Waals surface area contributed by atoms with Crippen LogP contribution in [0.15, 0.2) is 21.2 Å². The zero-order valence-electron chi connectivity index (χ0n) is 10.5. The van der Waals surface area contributed by atoms with Gasteiger partial charge in [0.2, 0.25) is 0 Å². The minimum atomic E-state index is -0.556. The Balaban J connectivity index is 2.97. The first kappa shape index (κ1) is 15.6. The van der Waals surface area contributed by atoms with Gasteiger partial charge < -0.3 is 4.74 Å². The molecule has 4 nitrogen and oxygen atoms in total. The van der Waals surface area contributed by atoms with Gasteiger partial charge in [-0.15, -0.1) is 0 Å². The van der Waals surface area contributed by atoms with Crippen LogP contribution in [0.1, 0.15) is 25.6 Å². The minimum absolute atomic E-state index is 0.342. The van der Waals surface area contributed by atoms with Gasteiger partial charge in [-0.05, 0) is 50.4 Å². The molecule has 0 spiro atoms. The van der Waals surface area contributed by atoms with Gasteiger partial charge in [-0.25, -0.2) is 4.79 Å². The molecule has 0 aliphatic carbocycles. The maximum Gasteiger partial charge on any atom is 0.329 e. The summed E-state index contributed by atoms with van der Waals surface area (Å²) in [7, 11) is 1.37. The monoisotopic (exact) mass is 378 g/mol. The topological polar surface area (TPSA) is 51.2 Å². The van der Waals surface area contributed by atoms with Crippen LogP contribution in [0, 0.1) is 5.92 Å². The first-order chi connectivity index (χ1) is 8.45. The van der Waals surface area contributed by atoms with E-state index in [2.05, 4.69) is 56.0 Å². The van der Waals surface area contributed by atoms with Crippen molar-refractivity contribution >= 4 is 37.8 Å². The first-order valence-corrected chi connectivity index (χ1v) is 7.16. The van der Waals surface area contributed by atoms with Crippen molar-refractivity contribution in [2.45, 2.75) is 19.9 Å². The van der Waals surface area contributed by atoms with Gasteiger partial charge >= 0.3 is 5.97 Å². The maximum atomic E-state index is 11.8. The van der Waals surface area contributed by atoms with Gasteiger partial charge in [-0.1, -0.05) is 13.8 Å². The van der Waals surface area contributed by atoms with Crippen LogP contribution in [-0.2, 0) is 9.53 Å². The Labute approximate surface area is 124 Å². The second kappa shape index (κ2) is 7.21. The molecule has 0 saturated heterocycles. The third kappa shape index (κ3) is 4.33. The normalized spacial score (nSPS) is 12.6. The predicted molar refractivity (Wildman–Crippen MR) is 77.2 cm³/mol. The molecule has 18 heavy (non-hydrogen) atoms. The fraction of sp³-hybridized carbons (Fsp3) is 0.500. The minimum Gasteiger partial charge on any atom is -0.468 e. The van der Waals surface area contributed by atoms with Crippen molar-refractivity contribution in [2.24, 2.45) is 5.92 Å². The van der Waals surface area contributed by atoms with Crippen LogP contribution in [-0.4, -0.2) is 24.6 Å². The van der Waals surface area contributed by atoms with Gasteiger partial charge in [0.1, 0.15) is 6.04 Å². The lowest BCUT2D eigenvalue weighted by Gasteiger charge is -2.18. The molecule has 1 rings (SSSR count). The SMILES string of the molecule is COC(=O)C(NCC(C)C)c1ncc(Br)cc1Br. The number of hydrogen-bond acceptors (Lipinski definition) is 4. The van der Waals surface area contributed by atoms with Crippen molar-refractivity contribution < 1.29 is 9.53 Å². The van der Waals surface area contributed by atoms with Gasteiger partial charge in [0.15, 0.2) is 0 Å². The van der Waals surface area contributed by atoms with Gasteiger partial charge in [-0.2, -0.15) is 0 Å². The summed E-state index contributed by atoms with van der Waals surface area (Å²) in [6.07, 6.45) is 1.66. The van der Waals surface area contributed by atoms with Crippen molar-refractivity contribution in [3.63, 3.8) is 0 Å². The highest BCUT2D eigenvalue weighted by Gasteiger charge is 2.24. The van der Waals surface area contributed by atoms with Gasteiger partial charge in [0, 0.05) is 15.1 Å². The Morgan fingerprint density at radius 1 is 1.50 bits per heavy atom. The van der Waals surface area contributed by atoms with Crippen LogP contribution in [0.2, 0.25) is 0 Å². The fourth-order valence-corrected chi connectivity index (χ4v) is 2.62. The molecule has 0 aromatic carbocycles. The van der Waals surface area contributed by atoms with E-state index in [1.807, 2.05) is 6.07 Å². The molecule has 0 radical (unpaired) electrons. The van der Waals surface area contributed by atoms with Gasteiger partial charge in [0.25, 0.3) is 0 Å². The van der Waals surface area contributed by atoms with E-state index in [1.165, 1.54) is 7.11 Å². The second-order valence-corrected chi connectivity index (χ2v) is 6.05. The van der Waals surface area contributed by atoms with E-state index in [9.17, 15) is 4.79 Å². The van der Waals surface area contributed by atoms with Crippen molar-refractivity contribution in [1.29, 1.82) is 0 Å². The number of carbonyl (C=O) groups excluding carboxylic acids is 1. The number of esters is 1. The molecule has 0 fully saturated rings. The lowest BCUT2D eigenvalue weighted by atomic mass is 10.1. The van der Waals surface area contributed by atoms with Crippen molar-refractivity contribution in [1.82, 2.24) is 10.3 Å². The number of nitrogens with one attached hydrogen (secondary N) is 1. The zero-order valence-corrected chi connectivity index (χ0v) is 13.7. The lowest BCUT2D eigenvalue weighted by molar-refractivity contribution is -0.143. The van der Waals surface area contributed by atoms with E-state index < -0.39 is 6.04 Å². The Morgan fingerprint density at radius 3 is 2.67 bits per heavy atom. The fourth-order valence-electron chi connectivity index (χ4n) is 1.40. The molecule has 100 valence electrons. The standard InChI is InChI=1S/C12H16Br2N2O2/c1-7(2)5-15-11(12(17)18-3)10-9(14)4-8(13)6-16-10/h4,6-7,11,15H,5H2,1-3H3. The molecule has 0 aliphatic rings. The van der Waals surface area contributed by atoms with E-state index in [1.54, 1.807) is 6.20 Å². The Morgan fingerprint density at radius 2 is 2.17 bits per heavy atom. The van der Waals surface area contributed by atoms with Crippen LogP contribution in [0.3, 0.4) is 0 Å². The van der Waals surface area contributed by atoms with Gasteiger partial charge in [-0.3, -0.25) is 10.3 Å². The largest absolute Gasteiger partial charge is 0.468 e. The summed E-state index contributed by atoms with van der Waals surface area (Å²) in [5.41, 5.74) is 0.630. The summed E-state index contributed by atoms with van der Waals surface area (Å²) in [6.45, 7) is 4.86. The highest BCUT2D eigenvalue weighted by atomic mass is 79.9. The van der Waals surface area contributed by atoms with Crippen LogP contribution in [0.25, 0.3) is 0 Å². The summed E-state index contributed by atoms with van der Waals surface area (Å²) >= 11 is 6.74. The molecule has 1 heterocycles. The number of nitrogens with zero attached hydrogens (tertiary/aromatic N) is 1. The molecule has 0 saturated carbocycles. The van der Waals surface area contributed by atoms with E-state index in [0.29, 0.717) is 18.2 Å². The summed E-state index contributed by atoms with van der Waals surface area (Å²) in [4.78, 5) is 16.1. The third-order valence-electron chi connectivity index (χ3n) is 2.28. The third-order valence-corrected chi connectivity index (χ3v) is 3.35. The number of ether oxygens (including phenoxy) is 1. The summed E-state index contributed by atoms with van der Waals surface area (Å²) in [5, 5.41) is 3.16. The Hall–Kier alpha value is -0.460. The van der Waals surface area contributed by atoms with Crippen LogP contribution < -0.4 is 5.32 Å². The molecule has 1 aromatic rings. The van der Waals surface area contributed by atoms with Crippen LogP contribution >= 0.6 is 31.9 Å². The summed E-state index contributed by atoms with van der Waals surface area (Å²) in [6, 6.07) is 1.30.